The Kier molecular flexibility index (Phi) is 3.15. The summed E-state index contributed by atoms with van der Waals surface area (Å²) in [6.45, 7) is 0. The fourth-order valence-corrected chi connectivity index (χ4v) is 2.50. The van der Waals surface area contributed by atoms with E-state index >= 15 is 0 Å². The molecule has 0 bridgehead atoms. The molecule has 0 aromatic heterocycles. The van der Waals surface area contributed by atoms with Gasteiger partial charge in [0.2, 0.25) is 0 Å². The molecule has 2 nitrogen and oxygen atoms in total. The third-order valence-corrected chi connectivity index (χ3v) is 3.63. The van der Waals surface area contributed by atoms with E-state index in [0.717, 1.165) is 34.7 Å². The van der Waals surface area contributed by atoms with Gasteiger partial charge < -0.3 is 4.74 Å². The summed E-state index contributed by atoms with van der Waals surface area (Å²) in [5, 5.41) is 9.63. The van der Waals surface area contributed by atoms with Gasteiger partial charge in [-0.3, -0.25) is 0 Å². The van der Waals surface area contributed by atoms with Gasteiger partial charge in [-0.25, -0.2) is 0 Å². The molecule has 3 heteroatoms. The van der Waals surface area contributed by atoms with Crippen molar-refractivity contribution >= 4 is 11.6 Å². The summed E-state index contributed by atoms with van der Waals surface area (Å²) >= 11 is 5.89. The number of hydrogen-bond donors (Lipinski definition) is 0. The van der Waals surface area contributed by atoms with Crippen LogP contribution >= 0.6 is 11.6 Å². The van der Waals surface area contributed by atoms with Crippen LogP contribution in [0.3, 0.4) is 0 Å². The minimum atomic E-state index is 0.0673. The second-order valence-corrected chi connectivity index (χ2v) is 5.07. The third-order valence-electron chi connectivity index (χ3n) is 3.38. The van der Waals surface area contributed by atoms with E-state index in [1.165, 1.54) is 0 Å². The molecule has 1 aliphatic rings. The smallest absolute Gasteiger partial charge is 0.124 e. The van der Waals surface area contributed by atoms with Crippen molar-refractivity contribution in [3.63, 3.8) is 0 Å². The molecule has 0 unspecified atom stereocenters. The minimum Gasteiger partial charge on any atom is -0.485 e. The molecule has 0 spiro atoms. The maximum Gasteiger partial charge on any atom is 0.124 e. The zero-order chi connectivity index (χ0) is 13.2. The highest BCUT2D eigenvalue weighted by Crippen LogP contribution is 2.35. The van der Waals surface area contributed by atoms with E-state index in [1.807, 2.05) is 36.4 Å². The number of nitrogens with zero attached hydrogens (tertiary/aromatic N) is 1. The van der Waals surface area contributed by atoms with Crippen molar-refractivity contribution in [3.05, 3.63) is 64.2 Å². The Morgan fingerprint density at radius 2 is 1.95 bits per heavy atom. The highest BCUT2D eigenvalue weighted by Gasteiger charge is 2.21. The van der Waals surface area contributed by atoms with Gasteiger partial charge in [0.1, 0.15) is 11.9 Å². The molecule has 19 heavy (non-hydrogen) atoms. The molecule has 94 valence electrons. The predicted octanol–water partition coefficient (Wildman–Crippen LogP) is 4.28. The monoisotopic (exact) mass is 269 g/mol. The SMILES string of the molecule is N#Cc1ccc2c(c1)CC[C@H](c1ccc(Cl)cc1)O2. The van der Waals surface area contributed by atoms with Crippen molar-refractivity contribution in [1.82, 2.24) is 0 Å². The van der Waals surface area contributed by atoms with E-state index in [9.17, 15) is 0 Å². The molecule has 2 aromatic carbocycles. The molecule has 1 aliphatic heterocycles. The Morgan fingerprint density at radius 3 is 2.68 bits per heavy atom. The summed E-state index contributed by atoms with van der Waals surface area (Å²) in [6, 6.07) is 15.5. The number of hydrogen-bond acceptors (Lipinski definition) is 2. The average Bonchev–Trinajstić information content (AvgIpc) is 2.47. The van der Waals surface area contributed by atoms with Gasteiger partial charge >= 0.3 is 0 Å². The predicted molar refractivity (Wildman–Crippen MR) is 74.3 cm³/mol. The summed E-state index contributed by atoms with van der Waals surface area (Å²) in [6.07, 6.45) is 1.92. The van der Waals surface area contributed by atoms with Crippen LogP contribution in [0.4, 0.5) is 0 Å². The van der Waals surface area contributed by atoms with Crippen molar-refractivity contribution in [2.45, 2.75) is 18.9 Å². The van der Waals surface area contributed by atoms with Crippen LogP contribution in [0.25, 0.3) is 0 Å². The highest BCUT2D eigenvalue weighted by atomic mass is 35.5. The number of benzene rings is 2. The number of halogens is 1. The Hall–Kier alpha value is -1.98. The highest BCUT2D eigenvalue weighted by molar-refractivity contribution is 6.30. The Labute approximate surface area is 117 Å². The summed E-state index contributed by atoms with van der Waals surface area (Å²) in [4.78, 5) is 0. The summed E-state index contributed by atoms with van der Waals surface area (Å²) in [7, 11) is 0. The lowest BCUT2D eigenvalue weighted by molar-refractivity contribution is 0.176. The van der Waals surface area contributed by atoms with Crippen LogP contribution in [0.1, 0.15) is 29.2 Å². The van der Waals surface area contributed by atoms with Gasteiger partial charge in [0, 0.05) is 5.02 Å². The first-order valence-electron chi connectivity index (χ1n) is 6.21. The number of fused-ring (bicyclic) bond motifs is 1. The fourth-order valence-electron chi connectivity index (χ4n) is 2.37. The minimum absolute atomic E-state index is 0.0673. The van der Waals surface area contributed by atoms with E-state index in [2.05, 4.69) is 6.07 Å². The maximum atomic E-state index is 8.89. The molecule has 0 aliphatic carbocycles. The first-order valence-corrected chi connectivity index (χ1v) is 6.59. The molecule has 0 amide bonds. The van der Waals surface area contributed by atoms with Crippen molar-refractivity contribution in [3.8, 4) is 11.8 Å². The number of ether oxygens (including phenoxy) is 1. The van der Waals surface area contributed by atoms with E-state index in [0.29, 0.717) is 5.56 Å². The van der Waals surface area contributed by atoms with E-state index < -0.39 is 0 Å². The molecule has 0 radical (unpaired) electrons. The lowest BCUT2D eigenvalue weighted by Crippen LogP contribution is -2.15. The quantitative estimate of drug-likeness (QED) is 0.774. The van der Waals surface area contributed by atoms with Gasteiger partial charge in [-0.2, -0.15) is 5.26 Å². The third kappa shape index (κ3) is 2.43. The Morgan fingerprint density at radius 1 is 1.16 bits per heavy atom. The Balaban J connectivity index is 1.86. The molecule has 0 saturated heterocycles. The maximum absolute atomic E-state index is 8.89. The van der Waals surface area contributed by atoms with E-state index in [-0.39, 0.29) is 6.10 Å². The van der Waals surface area contributed by atoms with Gasteiger partial charge in [0.25, 0.3) is 0 Å². The molecular weight excluding hydrogens is 258 g/mol. The van der Waals surface area contributed by atoms with Crippen LogP contribution in [-0.2, 0) is 6.42 Å². The first kappa shape index (κ1) is 12.1. The van der Waals surface area contributed by atoms with Crippen LogP contribution in [0.2, 0.25) is 5.02 Å². The number of nitriles is 1. The van der Waals surface area contributed by atoms with Gasteiger partial charge in [-0.05, 0) is 54.3 Å². The second-order valence-electron chi connectivity index (χ2n) is 4.63. The Bertz CT molecular complexity index is 643. The second kappa shape index (κ2) is 4.95. The molecule has 1 atom stereocenters. The fraction of sp³-hybridized carbons (Fsp3) is 0.188. The largest absolute Gasteiger partial charge is 0.485 e. The van der Waals surface area contributed by atoms with E-state index in [1.54, 1.807) is 6.07 Å². The molecule has 1 heterocycles. The van der Waals surface area contributed by atoms with Gasteiger partial charge in [0.05, 0.1) is 11.6 Å². The molecule has 3 rings (SSSR count). The molecule has 0 saturated carbocycles. The lowest BCUT2D eigenvalue weighted by Gasteiger charge is -2.26. The first-order chi connectivity index (χ1) is 9.26. The normalized spacial score (nSPS) is 17.2. The number of aryl methyl sites for hydroxylation is 1. The summed E-state index contributed by atoms with van der Waals surface area (Å²) in [5.41, 5.74) is 2.94. The van der Waals surface area contributed by atoms with Crippen molar-refractivity contribution in [2.75, 3.05) is 0 Å². The van der Waals surface area contributed by atoms with Crippen LogP contribution in [0.15, 0.2) is 42.5 Å². The molecular formula is C16H12ClNO. The zero-order valence-corrected chi connectivity index (χ0v) is 11.0. The van der Waals surface area contributed by atoms with Crippen molar-refractivity contribution < 1.29 is 4.74 Å². The van der Waals surface area contributed by atoms with Crippen LogP contribution in [0.5, 0.6) is 5.75 Å². The molecule has 2 aromatic rings. The average molecular weight is 270 g/mol. The van der Waals surface area contributed by atoms with Gasteiger partial charge in [-0.1, -0.05) is 23.7 Å². The standard InChI is InChI=1S/C16H12ClNO/c17-14-5-2-12(3-6-14)15-8-4-13-9-11(10-18)1-7-16(13)19-15/h1-3,5-7,9,15H,4,8H2/t15-/m1/s1. The lowest BCUT2D eigenvalue weighted by atomic mass is 9.96. The van der Waals surface area contributed by atoms with Crippen LogP contribution in [0, 0.1) is 11.3 Å². The van der Waals surface area contributed by atoms with Crippen molar-refractivity contribution in [1.29, 1.82) is 5.26 Å². The summed E-state index contributed by atoms with van der Waals surface area (Å²) < 4.78 is 6.00. The van der Waals surface area contributed by atoms with E-state index in [4.69, 9.17) is 21.6 Å². The van der Waals surface area contributed by atoms with Crippen LogP contribution in [-0.4, -0.2) is 0 Å². The topological polar surface area (TPSA) is 33.0 Å². The van der Waals surface area contributed by atoms with Crippen molar-refractivity contribution in [2.24, 2.45) is 0 Å². The molecule has 0 N–H and O–H groups in total. The van der Waals surface area contributed by atoms with Gasteiger partial charge in [-0.15, -0.1) is 0 Å². The number of rotatable bonds is 1. The summed E-state index contributed by atoms with van der Waals surface area (Å²) in [5.74, 6) is 0.880. The zero-order valence-electron chi connectivity index (χ0n) is 10.3. The van der Waals surface area contributed by atoms with Crippen LogP contribution < -0.4 is 4.74 Å². The molecule has 0 fully saturated rings. The van der Waals surface area contributed by atoms with Gasteiger partial charge in [0.15, 0.2) is 0 Å².